The van der Waals surface area contributed by atoms with Gasteiger partial charge in [0, 0.05) is 0 Å². The maximum absolute atomic E-state index is 9.93. The number of hydrogen-bond donors (Lipinski definition) is 1. The predicted octanol–water partition coefficient (Wildman–Crippen LogP) is 2.73. The molecule has 74 valence electrons. The fourth-order valence-corrected chi connectivity index (χ4v) is 4.33. The lowest BCUT2D eigenvalue weighted by atomic mass is 9.50. The molecule has 0 aromatic carbocycles. The normalized spacial score (nSPS) is 54.7. The summed E-state index contributed by atoms with van der Waals surface area (Å²) in [6.07, 6.45) is 11.1. The van der Waals surface area contributed by atoms with Gasteiger partial charge in [-0.2, -0.15) is 0 Å². The first kappa shape index (κ1) is 8.28. The number of fused-ring (bicyclic) bond motifs is 2. The van der Waals surface area contributed by atoms with Gasteiger partial charge in [-0.3, -0.25) is 0 Å². The summed E-state index contributed by atoms with van der Waals surface area (Å²) in [6.45, 7) is 0. The van der Waals surface area contributed by atoms with Crippen LogP contribution in [-0.2, 0) is 0 Å². The summed E-state index contributed by atoms with van der Waals surface area (Å²) < 4.78 is 0. The summed E-state index contributed by atoms with van der Waals surface area (Å²) in [5.74, 6) is 1.66. The molecule has 0 amide bonds. The van der Waals surface area contributed by atoms with E-state index in [1.807, 2.05) is 0 Å². The molecule has 4 saturated carbocycles. The highest BCUT2D eigenvalue weighted by Crippen LogP contribution is 2.59. The van der Waals surface area contributed by atoms with E-state index >= 15 is 0 Å². The van der Waals surface area contributed by atoms with Gasteiger partial charge in [-0.1, -0.05) is 12.8 Å². The van der Waals surface area contributed by atoms with Gasteiger partial charge in [0.05, 0.1) is 6.10 Å². The van der Waals surface area contributed by atoms with E-state index in [2.05, 4.69) is 0 Å². The largest absolute Gasteiger partial charge is 0.393 e. The highest BCUT2D eigenvalue weighted by atomic mass is 16.3. The first-order valence-electron chi connectivity index (χ1n) is 5.98. The minimum Gasteiger partial charge on any atom is -0.393 e. The second-order valence-electron chi connectivity index (χ2n) is 5.61. The van der Waals surface area contributed by atoms with Crippen molar-refractivity contribution in [2.24, 2.45) is 17.3 Å². The quantitative estimate of drug-likeness (QED) is 0.607. The minimum absolute atomic E-state index is 0.0584. The third-order valence-corrected chi connectivity index (χ3v) is 5.10. The molecule has 0 aromatic rings. The van der Waals surface area contributed by atoms with Crippen molar-refractivity contribution in [1.82, 2.24) is 0 Å². The Kier molecular flexibility index (Phi) is 1.74. The van der Waals surface area contributed by atoms with Crippen LogP contribution >= 0.6 is 0 Å². The number of rotatable bonds is 0. The van der Waals surface area contributed by atoms with E-state index in [9.17, 15) is 5.11 Å². The summed E-state index contributed by atoms with van der Waals surface area (Å²) in [5, 5.41) is 9.93. The van der Waals surface area contributed by atoms with Crippen molar-refractivity contribution in [3.05, 3.63) is 0 Å². The van der Waals surface area contributed by atoms with Crippen LogP contribution in [0.1, 0.15) is 51.4 Å². The maximum atomic E-state index is 9.93. The van der Waals surface area contributed by atoms with Crippen LogP contribution in [0.15, 0.2) is 0 Å². The molecule has 0 aromatic heterocycles. The topological polar surface area (TPSA) is 20.2 Å². The highest BCUT2D eigenvalue weighted by molar-refractivity contribution is 5.02. The smallest absolute Gasteiger partial charge is 0.0573 e. The van der Waals surface area contributed by atoms with Gasteiger partial charge >= 0.3 is 0 Å². The van der Waals surface area contributed by atoms with Crippen LogP contribution in [0.25, 0.3) is 0 Å². The Morgan fingerprint density at radius 2 is 2.00 bits per heavy atom. The van der Waals surface area contributed by atoms with Gasteiger partial charge in [-0.25, -0.2) is 0 Å². The fourth-order valence-electron chi connectivity index (χ4n) is 4.33. The zero-order valence-electron chi connectivity index (χ0n) is 8.34. The lowest BCUT2D eigenvalue weighted by molar-refractivity contribution is -0.110. The Balaban J connectivity index is 1.88. The standard InChI is InChI=1S/C12H20O/c13-11-8-12-5-2-1-3-10(12)7-9(11)4-6-12/h9-11,13H,1-8H2/t9-,10-,11+,12-/m0/s1. The monoisotopic (exact) mass is 180 g/mol. The average Bonchev–Trinajstić information content (AvgIpc) is 2.16. The molecule has 0 radical (unpaired) electrons. The van der Waals surface area contributed by atoms with Crippen LogP contribution < -0.4 is 0 Å². The predicted molar refractivity (Wildman–Crippen MR) is 52.4 cm³/mol. The highest BCUT2D eigenvalue weighted by Gasteiger charge is 2.51. The molecular formula is C12H20O. The second-order valence-corrected chi connectivity index (χ2v) is 5.61. The van der Waals surface area contributed by atoms with Gasteiger partial charge in [0.1, 0.15) is 0 Å². The Morgan fingerprint density at radius 1 is 1.08 bits per heavy atom. The van der Waals surface area contributed by atoms with E-state index in [1.54, 1.807) is 0 Å². The number of aliphatic hydroxyl groups excluding tert-OH is 1. The molecular weight excluding hydrogens is 160 g/mol. The maximum Gasteiger partial charge on any atom is 0.0573 e. The molecule has 13 heavy (non-hydrogen) atoms. The van der Waals surface area contributed by atoms with Crippen molar-refractivity contribution in [2.45, 2.75) is 57.5 Å². The molecule has 1 spiro atoms. The van der Waals surface area contributed by atoms with E-state index in [-0.39, 0.29) is 6.10 Å². The minimum atomic E-state index is 0.0584. The lowest BCUT2D eigenvalue weighted by Gasteiger charge is -2.56. The lowest BCUT2D eigenvalue weighted by Crippen LogP contribution is -2.50. The van der Waals surface area contributed by atoms with Gasteiger partial charge < -0.3 is 5.11 Å². The summed E-state index contributed by atoms with van der Waals surface area (Å²) in [5.41, 5.74) is 0.604. The molecule has 4 fully saturated rings. The zero-order chi connectivity index (χ0) is 8.89. The Bertz CT molecular complexity index is 209. The molecule has 1 N–H and O–H groups in total. The van der Waals surface area contributed by atoms with Crippen molar-refractivity contribution in [1.29, 1.82) is 0 Å². The summed E-state index contributed by atoms with van der Waals surface area (Å²) in [7, 11) is 0. The van der Waals surface area contributed by atoms with Crippen LogP contribution in [0.3, 0.4) is 0 Å². The van der Waals surface area contributed by atoms with E-state index in [1.165, 1.54) is 44.9 Å². The second kappa shape index (κ2) is 2.73. The Hall–Kier alpha value is -0.0400. The van der Waals surface area contributed by atoms with E-state index in [4.69, 9.17) is 0 Å². The molecule has 0 saturated heterocycles. The zero-order valence-corrected chi connectivity index (χ0v) is 8.34. The fraction of sp³-hybridized carbons (Fsp3) is 1.00. The van der Waals surface area contributed by atoms with Crippen LogP contribution in [0.5, 0.6) is 0 Å². The SMILES string of the molecule is O[C@@H]1C[C@@]23CCCC[C@H]2C[C@@H]1CC3. The van der Waals surface area contributed by atoms with Crippen molar-refractivity contribution in [2.75, 3.05) is 0 Å². The van der Waals surface area contributed by atoms with Gasteiger partial charge in [0.2, 0.25) is 0 Å². The van der Waals surface area contributed by atoms with Gasteiger partial charge in [0.15, 0.2) is 0 Å². The van der Waals surface area contributed by atoms with Crippen molar-refractivity contribution in [3.63, 3.8) is 0 Å². The average molecular weight is 180 g/mol. The number of aliphatic hydroxyl groups is 1. The molecule has 4 aliphatic rings. The van der Waals surface area contributed by atoms with E-state index in [0.717, 1.165) is 12.3 Å². The van der Waals surface area contributed by atoms with Crippen LogP contribution in [-0.4, -0.2) is 11.2 Å². The van der Waals surface area contributed by atoms with E-state index in [0.29, 0.717) is 11.3 Å². The Labute approximate surface area is 80.5 Å². The molecule has 4 atom stereocenters. The summed E-state index contributed by atoms with van der Waals surface area (Å²) >= 11 is 0. The van der Waals surface area contributed by atoms with Gasteiger partial charge in [-0.05, 0) is 55.8 Å². The van der Waals surface area contributed by atoms with Crippen molar-refractivity contribution >= 4 is 0 Å². The summed E-state index contributed by atoms with van der Waals surface area (Å²) in [4.78, 5) is 0. The molecule has 2 bridgehead atoms. The van der Waals surface area contributed by atoms with Crippen LogP contribution in [0, 0.1) is 17.3 Å². The molecule has 0 aliphatic heterocycles. The number of hydrogen-bond acceptors (Lipinski definition) is 1. The van der Waals surface area contributed by atoms with Crippen LogP contribution in [0.4, 0.5) is 0 Å². The first-order chi connectivity index (χ1) is 6.30. The first-order valence-corrected chi connectivity index (χ1v) is 5.98. The van der Waals surface area contributed by atoms with Gasteiger partial charge in [0.25, 0.3) is 0 Å². The molecule has 1 nitrogen and oxygen atoms in total. The molecule has 4 aliphatic carbocycles. The third kappa shape index (κ3) is 1.09. The van der Waals surface area contributed by atoms with Crippen LogP contribution in [0.2, 0.25) is 0 Å². The molecule has 4 rings (SSSR count). The molecule has 0 unspecified atom stereocenters. The van der Waals surface area contributed by atoms with Crippen molar-refractivity contribution < 1.29 is 5.11 Å². The molecule has 0 heterocycles. The summed E-state index contributed by atoms with van der Waals surface area (Å²) in [6, 6.07) is 0. The van der Waals surface area contributed by atoms with Gasteiger partial charge in [-0.15, -0.1) is 0 Å². The third-order valence-electron chi connectivity index (χ3n) is 5.10. The Morgan fingerprint density at radius 3 is 2.85 bits per heavy atom. The molecule has 1 heteroatoms. The van der Waals surface area contributed by atoms with E-state index < -0.39 is 0 Å². The van der Waals surface area contributed by atoms with Crippen molar-refractivity contribution in [3.8, 4) is 0 Å².